The minimum atomic E-state index is -0.762. The van der Waals surface area contributed by atoms with Gasteiger partial charge in [0.1, 0.15) is 6.04 Å². The molecule has 10 heteroatoms. The Morgan fingerprint density at radius 3 is 2.63 bits per heavy atom. The van der Waals surface area contributed by atoms with E-state index >= 15 is 0 Å². The van der Waals surface area contributed by atoms with Crippen molar-refractivity contribution in [2.75, 3.05) is 13.2 Å². The quantitative estimate of drug-likeness (QED) is 0.243. The van der Waals surface area contributed by atoms with E-state index in [9.17, 15) is 9.59 Å². The van der Waals surface area contributed by atoms with Crippen molar-refractivity contribution in [2.24, 2.45) is 4.99 Å². The van der Waals surface area contributed by atoms with Crippen LogP contribution < -0.4 is 24.4 Å². The van der Waals surface area contributed by atoms with E-state index < -0.39 is 12.0 Å². The van der Waals surface area contributed by atoms with Gasteiger partial charge in [0.25, 0.3) is 5.56 Å². The van der Waals surface area contributed by atoms with Crippen molar-refractivity contribution in [3.05, 3.63) is 87.1 Å². The molecule has 0 amide bonds. The lowest BCUT2D eigenvalue weighted by molar-refractivity contribution is -0.139. The molecule has 0 saturated heterocycles. The molecule has 1 atom stereocenters. The first-order chi connectivity index (χ1) is 18.2. The van der Waals surface area contributed by atoms with E-state index in [2.05, 4.69) is 27.6 Å². The van der Waals surface area contributed by atoms with Crippen molar-refractivity contribution < 1.29 is 19.0 Å². The maximum Gasteiger partial charge on any atom is 0.338 e. The molecule has 0 unspecified atom stereocenters. The molecular formula is C28H28ClIN2O5S. The molecule has 1 aromatic heterocycles. The Balaban J connectivity index is 1.92. The van der Waals surface area contributed by atoms with Crippen LogP contribution in [-0.4, -0.2) is 29.9 Å². The van der Waals surface area contributed by atoms with Crippen LogP contribution in [0.5, 0.6) is 11.5 Å². The van der Waals surface area contributed by atoms with E-state index in [0.717, 1.165) is 9.13 Å². The molecular weight excluding hydrogens is 639 g/mol. The maximum absolute atomic E-state index is 13.9. The number of thiazole rings is 1. The second kappa shape index (κ2) is 12.0. The number of halogens is 2. The van der Waals surface area contributed by atoms with E-state index in [1.54, 1.807) is 32.1 Å². The third-order valence-electron chi connectivity index (χ3n) is 5.70. The van der Waals surface area contributed by atoms with Gasteiger partial charge in [-0.2, -0.15) is 0 Å². The molecule has 0 saturated carbocycles. The maximum atomic E-state index is 13.9. The predicted molar refractivity (Wildman–Crippen MR) is 158 cm³/mol. The number of hydrogen-bond acceptors (Lipinski definition) is 7. The van der Waals surface area contributed by atoms with E-state index in [-0.39, 0.29) is 18.3 Å². The number of rotatable bonds is 8. The van der Waals surface area contributed by atoms with Crippen molar-refractivity contribution in [3.8, 4) is 11.5 Å². The highest BCUT2D eigenvalue weighted by Gasteiger charge is 2.34. The zero-order valence-corrected chi connectivity index (χ0v) is 25.4. The number of aromatic nitrogens is 1. The molecule has 4 rings (SSSR count). The summed E-state index contributed by atoms with van der Waals surface area (Å²) in [7, 11) is 0. The highest BCUT2D eigenvalue weighted by Crippen LogP contribution is 2.36. The Labute approximate surface area is 243 Å². The zero-order valence-electron chi connectivity index (χ0n) is 21.7. The first-order valence-corrected chi connectivity index (χ1v) is 14.5. The van der Waals surface area contributed by atoms with Crippen molar-refractivity contribution >= 4 is 57.6 Å². The normalized spacial score (nSPS) is 15.4. The molecule has 0 fully saturated rings. The van der Waals surface area contributed by atoms with Crippen LogP contribution in [0.3, 0.4) is 0 Å². The largest absolute Gasteiger partial charge is 0.490 e. The summed E-state index contributed by atoms with van der Waals surface area (Å²) in [5.74, 6) is 0.764. The van der Waals surface area contributed by atoms with Gasteiger partial charge in [-0.3, -0.25) is 9.36 Å². The van der Waals surface area contributed by atoms with E-state index in [0.29, 0.717) is 49.3 Å². The number of allylic oxidation sites excluding steroid dienone is 1. The van der Waals surface area contributed by atoms with Gasteiger partial charge in [0.2, 0.25) is 0 Å². The minimum Gasteiger partial charge on any atom is -0.490 e. The van der Waals surface area contributed by atoms with Crippen LogP contribution in [0.15, 0.2) is 57.5 Å². The zero-order chi connectivity index (χ0) is 27.6. The lowest BCUT2D eigenvalue weighted by Gasteiger charge is -2.25. The molecule has 1 aliphatic heterocycles. The number of carbonyl (C=O) groups is 1. The number of hydrogen-bond donors (Lipinski definition) is 0. The predicted octanol–water partition coefficient (Wildman–Crippen LogP) is 5.24. The van der Waals surface area contributed by atoms with Gasteiger partial charge in [-0.15, -0.1) is 0 Å². The fourth-order valence-electron chi connectivity index (χ4n) is 4.22. The summed E-state index contributed by atoms with van der Waals surface area (Å²) in [6.45, 7) is 10.00. The number of carbonyl (C=O) groups excluding carboxylic acids is 1. The van der Waals surface area contributed by atoms with Crippen LogP contribution in [0.1, 0.15) is 51.8 Å². The van der Waals surface area contributed by atoms with E-state index in [4.69, 9.17) is 25.8 Å². The third-order valence-corrected chi connectivity index (χ3v) is 7.83. The number of ether oxygens (including phenoxy) is 3. The highest BCUT2D eigenvalue weighted by molar-refractivity contribution is 14.1. The lowest BCUT2D eigenvalue weighted by atomic mass is 9.96. The average Bonchev–Trinajstić information content (AvgIpc) is 3.15. The van der Waals surface area contributed by atoms with Crippen LogP contribution in [0, 0.1) is 3.57 Å². The summed E-state index contributed by atoms with van der Waals surface area (Å²) >= 11 is 10.0. The van der Waals surface area contributed by atoms with Gasteiger partial charge in [-0.1, -0.05) is 41.1 Å². The van der Waals surface area contributed by atoms with Crippen molar-refractivity contribution in [1.82, 2.24) is 4.57 Å². The first-order valence-electron chi connectivity index (χ1n) is 12.2. The van der Waals surface area contributed by atoms with E-state index in [1.165, 1.54) is 15.9 Å². The topological polar surface area (TPSA) is 79.1 Å². The summed E-state index contributed by atoms with van der Waals surface area (Å²) in [4.78, 5) is 32.0. The van der Waals surface area contributed by atoms with Gasteiger partial charge in [0.05, 0.1) is 38.7 Å². The van der Waals surface area contributed by atoms with Crippen molar-refractivity contribution in [2.45, 2.75) is 46.8 Å². The summed E-state index contributed by atoms with van der Waals surface area (Å²) in [5.41, 5.74) is 1.92. The van der Waals surface area contributed by atoms with Crippen LogP contribution in [-0.2, 0) is 9.53 Å². The summed E-state index contributed by atoms with van der Waals surface area (Å²) in [6.07, 6.45) is 1.79. The number of nitrogens with zero attached hydrogens (tertiary/aromatic N) is 2. The fraction of sp³-hybridized carbons (Fsp3) is 0.321. The van der Waals surface area contributed by atoms with Crippen LogP contribution in [0.4, 0.5) is 0 Å². The second-order valence-electron chi connectivity index (χ2n) is 8.75. The van der Waals surface area contributed by atoms with Gasteiger partial charge in [-0.25, -0.2) is 9.79 Å². The van der Waals surface area contributed by atoms with Gasteiger partial charge in [-0.05, 0) is 92.6 Å². The van der Waals surface area contributed by atoms with Gasteiger partial charge >= 0.3 is 5.97 Å². The molecule has 200 valence electrons. The minimum absolute atomic E-state index is 0.0149. The smallest absolute Gasteiger partial charge is 0.338 e. The molecule has 38 heavy (non-hydrogen) atoms. The van der Waals surface area contributed by atoms with Crippen LogP contribution in [0.25, 0.3) is 6.08 Å². The molecule has 2 aromatic carbocycles. The SMILES string of the molecule is CCOC(=O)C1=C(C)N=c2s/c(=C\c3cc(I)c(OC(C)C)c(OCC)c3)c(=O)n2[C@@H]1c1ccccc1Cl. The second-order valence-corrected chi connectivity index (χ2v) is 11.3. The van der Waals surface area contributed by atoms with Gasteiger partial charge < -0.3 is 14.2 Å². The van der Waals surface area contributed by atoms with Crippen molar-refractivity contribution in [3.63, 3.8) is 0 Å². The standard InChI is InChI=1S/C28H28ClIN2O5S/c1-6-35-21-13-17(12-20(30)25(21)37-15(3)4)14-22-26(33)32-24(18-10-8-9-11-19(18)29)23(27(34)36-7-2)16(5)31-28(32)38-22/h8-15,24H,6-7H2,1-5H3/b22-14-/t24-/m1/s1. The molecule has 0 bridgehead atoms. The van der Waals surface area contributed by atoms with Gasteiger partial charge in [0.15, 0.2) is 16.3 Å². The lowest BCUT2D eigenvalue weighted by Crippen LogP contribution is -2.40. The Morgan fingerprint density at radius 2 is 1.97 bits per heavy atom. The molecule has 0 radical (unpaired) electrons. The third kappa shape index (κ3) is 5.69. The molecule has 3 aromatic rings. The number of fused-ring (bicyclic) bond motifs is 1. The molecule has 0 aliphatic carbocycles. The number of benzene rings is 2. The fourth-order valence-corrected chi connectivity index (χ4v) is 6.26. The Bertz CT molecular complexity index is 1590. The Kier molecular flexibility index (Phi) is 9.00. The Hall–Kier alpha value is -2.63. The van der Waals surface area contributed by atoms with Crippen LogP contribution in [0.2, 0.25) is 5.02 Å². The van der Waals surface area contributed by atoms with E-state index in [1.807, 2.05) is 45.0 Å². The monoisotopic (exact) mass is 666 g/mol. The summed E-state index contributed by atoms with van der Waals surface area (Å²) in [6, 6.07) is 10.2. The molecule has 7 nitrogen and oxygen atoms in total. The molecule has 0 spiro atoms. The number of esters is 1. The van der Waals surface area contributed by atoms with Gasteiger partial charge in [0, 0.05) is 5.02 Å². The molecule has 2 heterocycles. The highest BCUT2D eigenvalue weighted by atomic mass is 127. The first kappa shape index (κ1) is 28.4. The molecule has 0 N–H and O–H groups in total. The molecule has 1 aliphatic rings. The summed E-state index contributed by atoms with van der Waals surface area (Å²) in [5, 5.41) is 0.445. The summed E-state index contributed by atoms with van der Waals surface area (Å²) < 4.78 is 20.0. The average molecular weight is 667 g/mol. The van der Waals surface area contributed by atoms with Crippen molar-refractivity contribution in [1.29, 1.82) is 0 Å². The van der Waals surface area contributed by atoms with Crippen LogP contribution >= 0.6 is 45.5 Å². The Morgan fingerprint density at radius 1 is 1.24 bits per heavy atom.